The Morgan fingerprint density at radius 3 is 2.41 bits per heavy atom. The van der Waals surface area contributed by atoms with E-state index >= 15 is 0 Å². The molecule has 1 amide bonds. The van der Waals surface area contributed by atoms with Gasteiger partial charge in [0.1, 0.15) is 0 Å². The Morgan fingerprint density at radius 2 is 1.72 bits per heavy atom. The third-order valence-electron chi connectivity index (χ3n) is 4.29. The largest absolute Gasteiger partial charge is 0.452 e. The molecule has 0 fully saturated rings. The smallest absolute Gasteiger partial charge is 0.338 e. The molecule has 0 aliphatic rings. The Morgan fingerprint density at radius 1 is 1.03 bits per heavy atom. The summed E-state index contributed by atoms with van der Waals surface area (Å²) in [5, 5.41) is 13.3. The van der Waals surface area contributed by atoms with Crippen LogP contribution in [0.5, 0.6) is 0 Å². The number of aromatic nitrogens is 1. The van der Waals surface area contributed by atoms with Crippen molar-refractivity contribution in [2.75, 3.05) is 11.9 Å². The number of nitrogens with zero attached hydrogens (tertiary/aromatic N) is 2. The molecule has 2 aromatic carbocycles. The van der Waals surface area contributed by atoms with Crippen LogP contribution in [0.2, 0.25) is 0 Å². The van der Waals surface area contributed by atoms with E-state index in [1.807, 2.05) is 36.6 Å². The number of aryl methyl sites for hydroxylation is 2. The number of carbonyl (C=O) groups excluding carboxylic acids is 2. The second-order valence-corrected chi connectivity index (χ2v) is 6.43. The van der Waals surface area contributed by atoms with Crippen molar-refractivity contribution in [1.82, 2.24) is 4.57 Å². The predicted molar refractivity (Wildman–Crippen MR) is 107 cm³/mol. The van der Waals surface area contributed by atoms with Crippen LogP contribution in [0.15, 0.2) is 60.7 Å². The summed E-state index contributed by atoms with van der Waals surface area (Å²) < 4.78 is 7.08. The van der Waals surface area contributed by atoms with Crippen molar-refractivity contribution in [3.8, 4) is 5.69 Å². The minimum atomic E-state index is -0.636. The maximum Gasteiger partial charge on any atom is 0.338 e. The van der Waals surface area contributed by atoms with E-state index < -0.39 is 23.4 Å². The number of esters is 1. The number of amides is 1. The first-order valence-corrected chi connectivity index (χ1v) is 8.82. The van der Waals surface area contributed by atoms with Gasteiger partial charge in [-0.15, -0.1) is 0 Å². The lowest BCUT2D eigenvalue weighted by Crippen LogP contribution is -2.21. The van der Waals surface area contributed by atoms with Crippen LogP contribution in [-0.2, 0) is 9.53 Å². The summed E-state index contributed by atoms with van der Waals surface area (Å²) in [4.78, 5) is 34.6. The SMILES string of the molecule is Cc1ccc(C)n1-c1cccc(C(=O)OCC(=O)Nc2cccc([N+](=O)[O-])c2)c1. The van der Waals surface area contributed by atoms with Gasteiger partial charge in [0.2, 0.25) is 0 Å². The molecule has 0 saturated heterocycles. The van der Waals surface area contributed by atoms with E-state index in [1.54, 1.807) is 18.2 Å². The highest BCUT2D eigenvalue weighted by molar-refractivity contribution is 5.95. The van der Waals surface area contributed by atoms with E-state index in [-0.39, 0.29) is 11.4 Å². The van der Waals surface area contributed by atoms with Crippen molar-refractivity contribution in [2.45, 2.75) is 13.8 Å². The van der Waals surface area contributed by atoms with Crippen LogP contribution in [0.1, 0.15) is 21.7 Å². The number of benzene rings is 2. The molecule has 0 radical (unpaired) electrons. The lowest BCUT2D eigenvalue weighted by molar-refractivity contribution is -0.384. The topological polar surface area (TPSA) is 103 Å². The number of nitrogens with one attached hydrogen (secondary N) is 1. The zero-order valence-electron chi connectivity index (χ0n) is 15.9. The Bertz CT molecular complexity index is 1070. The first-order chi connectivity index (χ1) is 13.8. The van der Waals surface area contributed by atoms with Crippen LogP contribution in [-0.4, -0.2) is 28.0 Å². The van der Waals surface area contributed by atoms with Crippen molar-refractivity contribution in [2.24, 2.45) is 0 Å². The summed E-state index contributed by atoms with van der Waals surface area (Å²) in [6, 6.07) is 16.4. The molecule has 0 unspecified atom stereocenters. The monoisotopic (exact) mass is 393 g/mol. The molecule has 148 valence electrons. The fourth-order valence-electron chi connectivity index (χ4n) is 2.96. The van der Waals surface area contributed by atoms with Gasteiger partial charge in [-0.05, 0) is 50.2 Å². The number of anilines is 1. The predicted octanol–water partition coefficient (Wildman–Crippen LogP) is 3.80. The molecule has 8 nitrogen and oxygen atoms in total. The summed E-state index contributed by atoms with van der Waals surface area (Å²) >= 11 is 0. The third-order valence-corrected chi connectivity index (χ3v) is 4.29. The third kappa shape index (κ3) is 4.67. The quantitative estimate of drug-likeness (QED) is 0.390. The van der Waals surface area contributed by atoms with Gasteiger partial charge in [-0.1, -0.05) is 12.1 Å². The number of nitro groups is 1. The fourth-order valence-corrected chi connectivity index (χ4v) is 2.96. The molecular formula is C21H19N3O5. The second kappa shape index (κ2) is 8.39. The van der Waals surface area contributed by atoms with Crippen LogP contribution in [0.25, 0.3) is 5.69 Å². The Balaban J connectivity index is 1.64. The van der Waals surface area contributed by atoms with Crippen molar-refractivity contribution in [3.63, 3.8) is 0 Å². The summed E-state index contributed by atoms with van der Waals surface area (Å²) in [6.07, 6.45) is 0. The molecule has 1 N–H and O–H groups in total. The Labute approximate surface area is 166 Å². The zero-order chi connectivity index (χ0) is 21.0. The van der Waals surface area contributed by atoms with E-state index in [0.29, 0.717) is 5.56 Å². The van der Waals surface area contributed by atoms with Crippen LogP contribution >= 0.6 is 0 Å². The van der Waals surface area contributed by atoms with Crippen LogP contribution < -0.4 is 5.32 Å². The van der Waals surface area contributed by atoms with Crippen molar-refractivity contribution in [3.05, 3.63) is 87.7 Å². The number of rotatable bonds is 6. The van der Waals surface area contributed by atoms with E-state index in [2.05, 4.69) is 5.32 Å². The van der Waals surface area contributed by atoms with Crippen molar-refractivity contribution in [1.29, 1.82) is 0 Å². The van der Waals surface area contributed by atoms with Gasteiger partial charge in [0, 0.05) is 34.9 Å². The lowest BCUT2D eigenvalue weighted by atomic mass is 10.2. The molecule has 0 saturated carbocycles. The van der Waals surface area contributed by atoms with Gasteiger partial charge in [-0.25, -0.2) is 4.79 Å². The minimum absolute atomic E-state index is 0.146. The molecule has 1 aromatic heterocycles. The standard InChI is InChI=1S/C21H19N3O5/c1-14-9-10-15(2)23(14)18-7-3-5-16(11-18)21(26)29-13-20(25)22-17-6-4-8-19(12-17)24(27)28/h3-12H,13H2,1-2H3,(H,22,25). The molecule has 0 atom stereocenters. The molecule has 1 heterocycles. The summed E-state index contributed by atoms with van der Waals surface area (Å²) in [7, 11) is 0. The first-order valence-electron chi connectivity index (χ1n) is 8.82. The number of hydrogen-bond donors (Lipinski definition) is 1. The molecule has 3 aromatic rings. The molecule has 3 rings (SSSR count). The molecule has 29 heavy (non-hydrogen) atoms. The number of non-ortho nitro benzene ring substituents is 1. The van der Waals surface area contributed by atoms with Crippen LogP contribution in [0.3, 0.4) is 0 Å². The Kier molecular flexibility index (Phi) is 5.73. The molecule has 0 bridgehead atoms. The van der Waals surface area contributed by atoms with Gasteiger partial charge in [0.05, 0.1) is 10.5 Å². The molecule has 0 aliphatic carbocycles. The molecule has 0 spiro atoms. The summed E-state index contributed by atoms with van der Waals surface area (Å²) in [5.74, 6) is -1.23. The van der Waals surface area contributed by atoms with Crippen molar-refractivity contribution >= 4 is 23.3 Å². The van der Waals surface area contributed by atoms with Crippen LogP contribution in [0.4, 0.5) is 11.4 Å². The van der Waals surface area contributed by atoms with E-state index in [0.717, 1.165) is 17.1 Å². The van der Waals surface area contributed by atoms with Crippen LogP contribution in [0, 0.1) is 24.0 Å². The fraction of sp³-hybridized carbons (Fsp3) is 0.143. The number of nitro benzene ring substituents is 1. The molecular weight excluding hydrogens is 374 g/mol. The van der Waals surface area contributed by atoms with Gasteiger partial charge in [-0.3, -0.25) is 14.9 Å². The van der Waals surface area contributed by atoms with E-state index in [1.165, 1.54) is 24.3 Å². The second-order valence-electron chi connectivity index (χ2n) is 6.43. The van der Waals surface area contributed by atoms with Crippen molar-refractivity contribution < 1.29 is 19.2 Å². The average molecular weight is 393 g/mol. The minimum Gasteiger partial charge on any atom is -0.452 e. The highest BCUT2D eigenvalue weighted by Gasteiger charge is 2.13. The number of hydrogen-bond acceptors (Lipinski definition) is 5. The number of ether oxygens (including phenoxy) is 1. The maximum atomic E-state index is 12.3. The zero-order valence-corrected chi connectivity index (χ0v) is 15.9. The number of carbonyl (C=O) groups is 2. The highest BCUT2D eigenvalue weighted by atomic mass is 16.6. The molecule has 8 heteroatoms. The lowest BCUT2D eigenvalue weighted by Gasteiger charge is -2.11. The van der Waals surface area contributed by atoms with Gasteiger partial charge < -0.3 is 14.6 Å². The van der Waals surface area contributed by atoms with Gasteiger partial charge in [0.25, 0.3) is 11.6 Å². The normalized spacial score (nSPS) is 10.4. The summed E-state index contributed by atoms with van der Waals surface area (Å²) in [6.45, 7) is 3.43. The van der Waals surface area contributed by atoms with Gasteiger partial charge >= 0.3 is 5.97 Å². The Hall–Kier alpha value is -3.94. The van der Waals surface area contributed by atoms with E-state index in [4.69, 9.17) is 4.74 Å². The summed E-state index contributed by atoms with van der Waals surface area (Å²) in [5.41, 5.74) is 3.31. The highest BCUT2D eigenvalue weighted by Crippen LogP contribution is 2.19. The van der Waals surface area contributed by atoms with E-state index in [9.17, 15) is 19.7 Å². The first kappa shape index (κ1) is 19.8. The molecule has 0 aliphatic heterocycles. The average Bonchev–Trinajstić information content (AvgIpc) is 3.04. The van der Waals surface area contributed by atoms with Gasteiger partial charge in [-0.2, -0.15) is 0 Å². The maximum absolute atomic E-state index is 12.3. The van der Waals surface area contributed by atoms with Gasteiger partial charge in [0.15, 0.2) is 6.61 Å².